The number of piperazine rings is 1. The molecule has 5 heteroatoms. The van der Waals surface area contributed by atoms with Crippen molar-refractivity contribution in [3.8, 4) is 0 Å². The van der Waals surface area contributed by atoms with Crippen LogP contribution in [-0.4, -0.2) is 41.3 Å². The summed E-state index contributed by atoms with van der Waals surface area (Å²) in [6.45, 7) is 5.45. The van der Waals surface area contributed by atoms with Crippen LogP contribution in [-0.2, 0) is 0 Å². The average molecular weight is 284 g/mol. The van der Waals surface area contributed by atoms with E-state index in [0.717, 1.165) is 43.4 Å². The number of hydrogen-bond donors (Lipinski definition) is 1. The van der Waals surface area contributed by atoms with Gasteiger partial charge in [-0.05, 0) is 36.8 Å². The zero-order chi connectivity index (χ0) is 14.7. The summed E-state index contributed by atoms with van der Waals surface area (Å²) in [7, 11) is 0. The van der Waals surface area contributed by atoms with Crippen molar-refractivity contribution in [2.75, 3.05) is 36.0 Å². The summed E-state index contributed by atoms with van der Waals surface area (Å²) in [5.41, 5.74) is 0.909. The van der Waals surface area contributed by atoms with Crippen molar-refractivity contribution in [2.45, 2.75) is 13.0 Å². The number of nitrogens with zero attached hydrogens (tertiary/aromatic N) is 4. The Morgan fingerprint density at radius 3 is 2.24 bits per heavy atom. The zero-order valence-electron chi connectivity index (χ0n) is 12.2. The van der Waals surface area contributed by atoms with E-state index in [2.05, 4.69) is 19.8 Å². The van der Waals surface area contributed by atoms with Crippen LogP contribution in [0.2, 0.25) is 0 Å². The van der Waals surface area contributed by atoms with Crippen LogP contribution in [0.3, 0.4) is 0 Å². The first-order valence-electron chi connectivity index (χ1n) is 7.29. The van der Waals surface area contributed by atoms with Crippen LogP contribution < -0.4 is 9.80 Å². The summed E-state index contributed by atoms with van der Waals surface area (Å²) in [5, 5.41) is 9.67. The molecule has 1 saturated heterocycles. The number of hydrogen-bond acceptors (Lipinski definition) is 5. The van der Waals surface area contributed by atoms with Crippen LogP contribution >= 0.6 is 0 Å². The SMILES string of the molecule is C[C@@H](O)c1ccnc(N2CCN(c3ccccn3)CC2)c1. The summed E-state index contributed by atoms with van der Waals surface area (Å²) in [5.74, 6) is 1.97. The Morgan fingerprint density at radius 2 is 1.62 bits per heavy atom. The van der Waals surface area contributed by atoms with Gasteiger partial charge in [-0.15, -0.1) is 0 Å². The molecule has 1 N–H and O–H groups in total. The van der Waals surface area contributed by atoms with Crippen molar-refractivity contribution in [2.24, 2.45) is 0 Å². The molecule has 0 amide bonds. The minimum atomic E-state index is -0.457. The molecule has 0 unspecified atom stereocenters. The van der Waals surface area contributed by atoms with Crippen molar-refractivity contribution >= 4 is 11.6 Å². The van der Waals surface area contributed by atoms with E-state index in [1.54, 1.807) is 13.1 Å². The predicted molar refractivity (Wildman–Crippen MR) is 83.5 cm³/mol. The molecule has 21 heavy (non-hydrogen) atoms. The lowest BCUT2D eigenvalue weighted by atomic mass is 10.1. The van der Waals surface area contributed by atoms with Crippen molar-refractivity contribution in [1.29, 1.82) is 0 Å². The molecule has 0 aliphatic carbocycles. The summed E-state index contributed by atoms with van der Waals surface area (Å²) >= 11 is 0. The molecule has 5 nitrogen and oxygen atoms in total. The lowest BCUT2D eigenvalue weighted by Crippen LogP contribution is -2.47. The topological polar surface area (TPSA) is 52.5 Å². The van der Waals surface area contributed by atoms with E-state index in [1.807, 2.05) is 36.5 Å². The third-order valence-corrected chi connectivity index (χ3v) is 3.83. The molecule has 3 rings (SSSR count). The van der Waals surface area contributed by atoms with Crippen LogP contribution in [0.25, 0.3) is 0 Å². The Hall–Kier alpha value is -2.14. The number of aliphatic hydroxyl groups is 1. The molecule has 1 aliphatic heterocycles. The Balaban J connectivity index is 1.67. The van der Waals surface area contributed by atoms with E-state index in [-0.39, 0.29) is 0 Å². The third-order valence-electron chi connectivity index (χ3n) is 3.83. The Labute approximate surface area is 124 Å². The van der Waals surface area contributed by atoms with E-state index in [4.69, 9.17) is 0 Å². The highest BCUT2D eigenvalue weighted by molar-refractivity contribution is 5.46. The molecule has 0 bridgehead atoms. The first-order valence-corrected chi connectivity index (χ1v) is 7.29. The van der Waals surface area contributed by atoms with Crippen LogP contribution in [0.1, 0.15) is 18.6 Å². The fraction of sp³-hybridized carbons (Fsp3) is 0.375. The largest absolute Gasteiger partial charge is 0.389 e. The molecule has 1 aliphatic rings. The maximum Gasteiger partial charge on any atom is 0.128 e. The molecule has 2 aromatic rings. The third kappa shape index (κ3) is 3.13. The van der Waals surface area contributed by atoms with E-state index in [0.29, 0.717) is 0 Å². The highest BCUT2D eigenvalue weighted by atomic mass is 16.3. The molecule has 110 valence electrons. The zero-order valence-corrected chi connectivity index (χ0v) is 12.2. The standard InChI is InChI=1S/C16H20N4O/c1-13(21)14-5-7-18-16(12-14)20-10-8-19(9-11-20)15-4-2-3-6-17-15/h2-7,12-13,21H,8-11H2,1H3/t13-/m1/s1. The van der Waals surface area contributed by atoms with Crippen LogP contribution in [0.4, 0.5) is 11.6 Å². The lowest BCUT2D eigenvalue weighted by molar-refractivity contribution is 0.199. The van der Waals surface area contributed by atoms with Gasteiger partial charge in [0, 0.05) is 38.6 Å². The van der Waals surface area contributed by atoms with Crippen LogP contribution in [0.5, 0.6) is 0 Å². The molecular formula is C16H20N4O. The van der Waals surface area contributed by atoms with Gasteiger partial charge in [-0.2, -0.15) is 0 Å². The van der Waals surface area contributed by atoms with Gasteiger partial charge in [-0.1, -0.05) is 6.07 Å². The smallest absolute Gasteiger partial charge is 0.128 e. The predicted octanol–water partition coefficient (Wildman–Crippen LogP) is 1.86. The lowest BCUT2D eigenvalue weighted by Gasteiger charge is -2.36. The monoisotopic (exact) mass is 284 g/mol. The van der Waals surface area contributed by atoms with Crippen molar-refractivity contribution in [3.05, 3.63) is 48.3 Å². The summed E-state index contributed by atoms with van der Waals surface area (Å²) < 4.78 is 0. The normalized spacial score (nSPS) is 16.9. The maximum atomic E-state index is 9.67. The molecule has 0 radical (unpaired) electrons. The van der Waals surface area contributed by atoms with Gasteiger partial charge in [0.05, 0.1) is 6.10 Å². The van der Waals surface area contributed by atoms with Gasteiger partial charge in [0.1, 0.15) is 11.6 Å². The summed E-state index contributed by atoms with van der Waals surface area (Å²) in [6.07, 6.45) is 3.14. The van der Waals surface area contributed by atoms with Gasteiger partial charge >= 0.3 is 0 Å². The van der Waals surface area contributed by atoms with Crippen molar-refractivity contribution in [1.82, 2.24) is 9.97 Å². The number of aromatic nitrogens is 2. The fourth-order valence-electron chi connectivity index (χ4n) is 2.57. The summed E-state index contributed by atoms with van der Waals surface area (Å²) in [6, 6.07) is 9.83. The van der Waals surface area contributed by atoms with Gasteiger partial charge < -0.3 is 14.9 Å². The first kappa shape index (κ1) is 13.8. The minimum absolute atomic E-state index is 0.457. The van der Waals surface area contributed by atoms with E-state index < -0.39 is 6.10 Å². The molecule has 0 aromatic carbocycles. The van der Waals surface area contributed by atoms with Crippen molar-refractivity contribution in [3.63, 3.8) is 0 Å². The van der Waals surface area contributed by atoms with Crippen molar-refractivity contribution < 1.29 is 5.11 Å². The Bertz CT molecular complexity index is 580. The molecule has 0 spiro atoms. The van der Waals surface area contributed by atoms with Gasteiger partial charge in [-0.25, -0.2) is 9.97 Å². The highest BCUT2D eigenvalue weighted by Gasteiger charge is 2.19. The quantitative estimate of drug-likeness (QED) is 0.932. The van der Waals surface area contributed by atoms with Crippen LogP contribution in [0, 0.1) is 0 Å². The van der Waals surface area contributed by atoms with E-state index >= 15 is 0 Å². The Kier molecular flexibility index (Phi) is 4.01. The summed E-state index contributed by atoms with van der Waals surface area (Å²) in [4.78, 5) is 13.4. The second-order valence-electron chi connectivity index (χ2n) is 5.29. The molecule has 1 fully saturated rings. The second-order valence-corrected chi connectivity index (χ2v) is 5.29. The van der Waals surface area contributed by atoms with Gasteiger partial charge in [0.15, 0.2) is 0 Å². The molecule has 3 heterocycles. The average Bonchev–Trinajstić information content (AvgIpc) is 2.56. The molecule has 2 aromatic heterocycles. The number of aliphatic hydroxyl groups excluding tert-OH is 1. The molecule has 0 saturated carbocycles. The minimum Gasteiger partial charge on any atom is -0.389 e. The van der Waals surface area contributed by atoms with Gasteiger partial charge in [-0.3, -0.25) is 0 Å². The number of pyridine rings is 2. The van der Waals surface area contributed by atoms with E-state index in [1.165, 1.54) is 0 Å². The number of rotatable bonds is 3. The van der Waals surface area contributed by atoms with Crippen LogP contribution in [0.15, 0.2) is 42.7 Å². The van der Waals surface area contributed by atoms with Gasteiger partial charge in [0.25, 0.3) is 0 Å². The first-order chi connectivity index (χ1) is 10.2. The highest BCUT2D eigenvalue weighted by Crippen LogP contribution is 2.20. The Morgan fingerprint density at radius 1 is 0.952 bits per heavy atom. The van der Waals surface area contributed by atoms with E-state index in [9.17, 15) is 5.11 Å². The maximum absolute atomic E-state index is 9.67. The van der Waals surface area contributed by atoms with Gasteiger partial charge in [0.2, 0.25) is 0 Å². The fourth-order valence-corrected chi connectivity index (χ4v) is 2.57. The number of anilines is 2. The molecule has 1 atom stereocenters. The molecular weight excluding hydrogens is 264 g/mol. The second kappa shape index (κ2) is 6.10.